The summed E-state index contributed by atoms with van der Waals surface area (Å²) in [4.78, 5) is 17.8. The van der Waals surface area contributed by atoms with Gasteiger partial charge in [-0.25, -0.2) is 10.4 Å². The summed E-state index contributed by atoms with van der Waals surface area (Å²) in [6.07, 6.45) is 1.55. The number of carbonyl (C=O) groups excluding carboxylic acids is 1. The molecule has 1 heterocycles. The highest BCUT2D eigenvalue weighted by Gasteiger charge is 2.14. The largest absolute Gasteiger partial charge is 0.493 e. The van der Waals surface area contributed by atoms with Crippen LogP contribution >= 0.6 is 0 Å². The normalized spacial score (nSPS) is 10.9. The molecule has 0 atom stereocenters. The van der Waals surface area contributed by atoms with Gasteiger partial charge in [0.2, 0.25) is 0 Å². The smallest absolute Gasteiger partial charge is 0.272 e. The highest BCUT2D eigenvalue weighted by atomic mass is 16.5. The Balaban J connectivity index is 1.65. The molecule has 1 N–H and O–H groups in total. The molecule has 4 aromatic rings. The minimum Gasteiger partial charge on any atom is -0.493 e. The zero-order valence-electron chi connectivity index (χ0n) is 17.9. The number of carbonyl (C=O) groups is 1. The lowest BCUT2D eigenvalue weighted by Gasteiger charge is -2.11. The molecule has 0 aliphatic carbocycles. The number of rotatable bonds is 7. The van der Waals surface area contributed by atoms with Crippen molar-refractivity contribution < 1.29 is 14.3 Å². The Labute approximate surface area is 186 Å². The van der Waals surface area contributed by atoms with E-state index in [0.29, 0.717) is 29.2 Å². The van der Waals surface area contributed by atoms with Crippen molar-refractivity contribution in [1.82, 2.24) is 10.4 Å². The molecule has 6 nitrogen and oxygen atoms in total. The molecule has 0 radical (unpaired) electrons. The highest BCUT2D eigenvalue weighted by molar-refractivity contribution is 6.07. The summed E-state index contributed by atoms with van der Waals surface area (Å²) < 4.78 is 11.0. The Kier molecular flexibility index (Phi) is 6.41. The predicted molar refractivity (Wildman–Crippen MR) is 126 cm³/mol. The molecule has 0 aliphatic heterocycles. The lowest BCUT2D eigenvalue weighted by atomic mass is 10.0. The molecule has 4 rings (SSSR count). The van der Waals surface area contributed by atoms with Gasteiger partial charge < -0.3 is 9.47 Å². The molecule has 1 aromatic heterocycles. The summed E-state index contributed by atoms with van der Waals surface area (Å²) in [6, 6.07) is 24.6. The number of aromatic nitrogens is 1. The van der Waals surface area contributed by atoms with Gasteiger partial charge in [0.15, 0.2) is 11.5 Å². The van der Waals surface area contributed by atoms with Crippen molar-refractivity contribution in [1.29, 1.82) is 0 Å². The lowest BCUT2D eigenvalue weighted by Crippen LogP contribution is -2.18. The van der Waals surface area contributed by atoms with E-state index in [-0.39, 0.29) is 5.91 Å². The number of hydrazone groups is 1. The van der Waals surface area contributed by atoms with E-state index in [4.69, 9.17) is 14.5 Å². The van der Waals surface area contributed by atoms with Crippen molar-refractivity contribution in [3.63, 3.8) is 0 Å². The number of methoxy groups -OCH3 is 1. The number of para-hydroxylation sites is 2. The second-order valence-corrected chi connectivity index (χ2v) is 6.95. The Morgan fingerprint density at radius 2 is 1.81 bits per heavy atom. The van der Waals surface area contributed by atoms with Crippen LogP contribution in [0.25, 0.3) is 22.2 Å². The van der Waals surface area contributed by atoms with Crippen molar-refractivity contribution in [2.24, 2.45) is 5.10 Å². The second-order valence-electron chi connectivity index (χ2n) is 6.95. The van der Waals surface area contributed by atoms with Gasteiger partial charge in [-0.15, -0.1) is 0 Å². The maximum Gasteiger partial charge on any atom is 0.272 e. The fourth-order valence-corrected chi connectivity index (χ4v) is 3.43. The summed E-state index contributed by atoms with van der Waals surface area (Å²) in [6.45, 7) is 2.38. The van der Waals surface area contributed by atoms with Crippen molar-refractivity contribution in [2.75, 3.05) is 13.7 Å². The fraction of sp³-hybridized carbons (Fsp3) is 0.115. The fourth-order valence-electron chi connectivity index (χ4n) is 3.43. The molecule has 6 heteroatoms. The van der Waals surface area contributed by atoms with Crippen LogP contribution in [0.2, 0.25) is 0 Å². The van der Waals surface area contributed by atoms with Gasteiger partial charge in [0.05, 0.1) is 36.7 Å². The van der Waals surface area contributed by atoms with Crippen LogP contribution in [0, 0.1) is 0 Å². The molecule has 0 unspecified atom stereocenters. The monoisotopic (exact) mass is 425 g/mol. The van der Waals surface area contributed by atoms with Crippen LogP contribution in [0.1, 0.15) is 22.8 Å². The third kappa shape index (κ3) is 4.44. The van der Waals surface area contributed by atoms with E-state index in [2.05, 4.69) is 10.5 Å². The van der Waals surface area contributed by atoms with Crippen LogP contribution in [-0.4, -0.2) is 30.8 Å². The van der Waals surface area contributed by atoms with Crippen molar-refractivity contribution in [3.8, 4) is 22.8 Å². The summed E-state index contributed by atoms with van der Waals surface area (Å²) >= 11 is 0. The van der Waals surface area contributed by atoms with E-state index >= 15 is 0 Å². The van der Waals surface area contributed by atoms with E-state index in [1.165, 1.54) is 0 Å². The third-order valence-electron chi connectivity index (χ3n) is 4.92. The van der Waals surface area contributed by atoms with Gasteiger partial charge in [-0.05, 0) is 31.2 Å². The first-order valence-electron chi connectivity index (χ1n) is 10.3. The van der Waals surface area contributed by atoms with Crippen molar-refractivity contribution in [2.45, 2.75) is 6.92 Å². The number of ether oxygens (including phenoxy) is 2. The molecule has 0 bridgehead atoms. The van der Waals surface area contributed by atoms with Crippen LogP contribution in [0.3, 0.4) is 0 Å². The number of hydrogen-bond donors (Lipinski definition) is 1. The number of hydrogen-bond acceptors (Lipinski definition) is 5. The van der Waals surface area contributed by atoms with Gasteiger partial charge in [-0.2, -0.15) is 5.10 Å². The zero-order chi connectivity index (χ0) is 22.3. The van der Waals surface area contributed by atoms with Crippen LogP contribution in [0.15, 0.2) is 84.0 Å². The Hall–Kier alpha value is -4.19. The molecule has 1 amide bonds. The topological polar surface area (TPSA) is 72.8 Å². The summed E-state index contributed by atoms with van der Waals surface area (Å²) in [5, 5.41) is 4.93. The number of fused-ring (bicyclic) bond motifs is 1. The predicted octanol–water partition coefficient (Wildman–Crippen LogP) is 5.07. The molecule has 0 fully saturated rings. The molecular formula is C26H23N3O3. The Bertz CT molecular complexity index is 1270. The van der Waals surface area contributed by atoms with Crippen LogP contribution in [0.4, 0.5) is 0 Å². The minimum atomic E-state index is -0.321. The van der Waals surface area contributed by atoms with Crippen LogP contribution in [-0.2, 0) is 0 Å². The van der Waals surface area contributed by atoms with E-state index in [1.807, 2.05) is 79.7 Å². The SMILES string of the molecule is CCOc1c(/C=N\NC(=O)c2cc(-c3ccccc3)nc3ccccc23)cccc1OC. The molecule has 0 aliphatic rings. The number of pyridine rings is 1. The molecule has 0 saturated heterocycles. The van der Waals surface area contributed by atoms with Gasteiger partial charge in [-0.1, -0.05) is 54.6 Å². The molecule has 3 aromatic carbocycles. The van der Waals surface area contributed by atoms with E-state index in [0.717, 1.165) is 22.2 Å². The van der Waals surface area contributed by atoms with Crippen LogP contribution in [0.5, 0.6) is 11.5 Å². The molecular weight excluding hydrogens is 402 g/mol. The van der Waals surface area contributed by atoms with Gasteiger partial charge in [0.25, 0.3) is 5.91 Å². The molecule has 160 valence electrons. The van der Waals surface area contributed by atoms with Crippen molar-refractivity contribution >= 4 is 23.0 Å². The van der Waals surface area contributed by atoms with E-state index < -0.39 is 0 Å². The minimum absolute atomic E-state index is 0.321. The summed E-state index contributed by atoms with van der Waals surface area (Å²) in [5.41, 5.74) is 6.25. The van der Waals surface area contributed by atoms with Crippen LogP contribution < -0.4 is 14.9 Å². The molecule has 32 heavy (non-hydrogen) atoms. The van der Waals surface area contributed by atoms with Crippen molar-refractivity contribution in [3.05, 3.63) is 90.0 Å². The highest BCUT2D eigenvalue weighted by Crippen LogP contribution is 2.30. The average molecular weight is 425 g/mol. The standard InChI is InChI=1S/C26H23N3O3/c1-3-32-25-19(12-9-15-24(25)31-2)17-27-29-26(30)21-16-23(18-10-5-4-6-11-18)28-22-14-8-7-13-20(21)22/h4-17H,3H2,1-2H3,(H,29,30)/b27-17-. The summed E-state index contributed by atoms with van der Waals surface area (Å²) in [7, 11) is 1.58. The first kappa shape index (κ1) is 21.1. The number of benzene rings is 3. The van der Waals surface area contributed by atoms with Gasteiger partial charge in [-0.3, -0.25) is 4.79 Å². The maximum absolute atomic E-state index is 13.1. The van der Waals surface area contributed by atoms with E-state index in [1.54, 1.807) is 19.4 Å². The number of nitrogens with one attached hydrogen (secondary N) is 1. The Morgan fingerprint density at radius 1 is 1.03 bits per heavy atom. The maximum atomic E-state index is 13.1. The van der Waals surface area contributed by atoms with Gasteiger partial charge in [0.1, 0.15) is 0 Å². The van der Waals surface area contributed by atoms with E-state index in [9.17, 15) is 4.79 Å². The first-order valence-corrected chi connectivity index (χ1v) is 10.3. The molecule has 0 saturated carbocycles. The second kappa shape index (κ2) is 9.75. The number of nitrogens with zero attached hydrogens (tertiary/aromatic N) is 2. The number of amides is 1. The summed E-state index contributed by atoms with van der Waals surface area (Å²) in [5.74, 6) is 0.865. The third-order valence-corrected chi connectivity index (χ3v) is 4.92. The molecule has 0 spiro atoms. The van der Waals surface area contributed by atoms with Gasteiger partial charge in [0, 0.05) is 16.5 Å². The Morgan fingerprint density at radius 3 is 2.59 bits per heavy atom. The quantitative estimate of drug-likeness (QED) is 0.331. The van der Waals surface area contributed by atoms with Gasteiger partial charge >= 0.3 is 0 Å². The first-order chi connectivity index (χ1) is 15.7. The zero-order valence-corrected chi connectivity index (χ0v) is 17.9. The average Bonchev–Trinajstić information content (AvgIpc) is 2.84. The lowest BCUT2D eigenvalue weighted by molar-refractivity contribution is 0.0956.